The van der Waals surface area contributed by atoms with Crippen molar-refractivity contribution in [2.24, 2.45) is 0 Å². The smallest absolute Gasteiger partial charge is 0.349 e. The van der Waals surface area contributed by atoms with Crippen LogP contribution in [0.1, 0.15) is 16.6 Å². The number of amides is 1. The summed E-state index contributed by atoms with van der Waals surface area (Å²) in [6.07, 6.45) is 0. The van der Waals surface area contributed by atoms with Crippen LogP contribution in [0, 0.1) is 10.1 Å². The first kappa shape index (κ1) is 16.6. The molecule has 2 rings (SSSR count). The molecule has 23 heavy (non-hydrogen) atoms. The van der Waals surface area contributed by atoms with Gasteiger partial charge >= 0.3 is 11.0 Å². The average molecular weight is 334 g/mol. The van der Waals surface area contributed by atoms with Crippen LogP contribution >= 0.6 is 11.3 Å². The fraction of sp³-hybridized carbons (Fsp3) is 0.200. The highest BCUT2D eigenvalue weighted by Gasteiger charge is 2.19. The van der Waals surface area contributed by atoms with E-state index in [1.165, 1.54) is 17.0 Å². The minimum absolute atomic E-state index is 0.0901. The molecule has 0 saturated heterocycles. The number of likely N-dealkylation sites (N-methyl/N-ethyl adjacent to an activating group) is 1. The van der Waals surface area contributed by atoms with Crippen molar-refractivity contribution in [1.82, 2.24) is 0 Å². The van der Waals surface area contributed by atoms with Gasteiger partial charge in [0.2, 0.25) is 0 Å². The summed E-state index contributed by atoms with van der Waals surface area (Å²) in [5, 5.41) is 10.4. The van der Waals surface area contributed by atoms with Crippen molar-refractivity contribution in [2.45, 2.75) is 6.92 Å². The van der Waals surface area contributed by atoms with Crippen LogP contribution in [0.3, 0.4) is 0 Å². The van der Waals surface area contributed by atoms with Gasteiger partial charge in [0.1, 0.15) is 4.88 Å². The summed E-state index contributed by atoms with van der Waals surface area (Å²) in [5.74, 6) is -1.11. The standard InChI is InChI=1S/C15H14N2O5S/c1-2-16(11-6-4-3-5-7-11)13(18)10-22-15(19)12-8-9-14(23-12)17(20)21/h3-9H,2,10H2,1H3. The van der Waals surface area contributed by atoms with Crippen molar-refractivity contribution in [3.8, 4) is 0 Å². The molecule has 0 aliphatic rings. The van der Waals surface area contributed by atoms with Crippen molar-refractivity contribution < 1.29 is 19.2 Å². The number of hydrogen-bond acceptors (Lipinski definition) is 6. The van der Waals surface area contributed by atoms with Crippen molar-refractivity contribution in [1.29, 1.82) is 0 Å². The summed E-state index contributed by atoms with van der Waals surface area (Å²) in [7, 11) is 0. The molecule has 0 radical (unpaired) electrons. The highest BCUT2D eigenvalue weighted by atomic mass is 32.1. The number of ether oxygens (including phenoxy) is 1. The fourth-order valence-corrected chi connectivity index (χ4v) is 2.64. The lowest BCUT2D eigenvalue weighted by atomic mass is 10.3. The molecule has 1 amide bonds. The third kappa shape index (κ3) is 4.13. The Morgan fingerprint density at radius 1 is 1.22 bits per heavy atom. The van der Waals surface area contributed by atoms with Gasteiger partial charge in [-0.2, -0.15) is 0 Å². The summed E-state index contributed by atoms with van der Waals surface area (Å²) in [5.41, 5.74) is 0.711. The quantitative estimate of drug-likeness (QED) is 0.460. The van der Waals surface area contributed by atoms with Gasteiger partial charge < -0.3 is 9.64 Å². The summed E-state index contributed by atoms with van der Waals surface area (Å²) in [4.78, 5) is 35.6. The summed E-state index contributed by atoms with van der Waals surface area (Å²) in [6.45, 7) is 1.83. The molecule has 0 saturated carbocycles. The van der Waals surface area contributed by atoms with Crippen LogP contribution in [0.25, 0.3) is 0 Å². The topological polar surface area (TPSA) is 89.8 Å². The molecule has 0 spiro atoms. The van der Waals surface area contributed by atoms with Crippen LogP contribution in [0.2, 0.25) is 0 Å². The van der Waals surface area contributed by atoms with Crippen molar-refractivity contribution >= 4 is 33.9 Å². The third-order valence-corrected chi connectivity index (χ3v) is 4.00. The normalized spacial score (nSPS) is 10.1. The Balaban J connectivity index is 1.97. The van der Waals surface area contributed by atoms with E-state index in [-0.39, 0.29) is 15.8 Å². The fourth-order valence-electron chi connectivity index (χ4n) is 1.92. The Morgan fingerprint density at radius 2 is 1.91 bits per heavy atom. The number of rotatable bonds is 6. The van der Waals surface area contributed by atoms with Crippen LogP contribution in [0.15, 0.2) is 42.5 Å². The molecule has 0 atom stereocenters. The molecule has 8 heteroatoms. The van der Waals surface area contributed by atoms with Crippen LogP contribution in [-0.4, -0.2) is 30.0 Å². The number of nitrogens with zero attached hydrogens (tertiary/aromatic N) is 2. The lowest BCUT2D eigenvalue weighted by Crippen LogP contribution is -2.34. The molecule has 0 N–H and O–H groups in total. The van der Waals surface area contributed by atoms with Gasteiger partial charge in [-0.1, -0.05) is 29.5 Å². The minimum Gasteiger partial charge on any atom is -0.451 e. The molecule has 0 aliphatic carbocycles. The van der Waals surface area contributed by atoms with E-state index < -0.39 is 17.5 Å². The van der Waals surface area contributed by atoms with Crippen molar-refractivity contribution in [3.05, 3.63) is 57.5 Å². The van der Waals surface area contributed by atoms with Crippen LogP contribution in [0.5, 0.6) is 0 Å². The van der Waals surface area contributed by atoms with E-state index in [1.807, 2.05) is 25.1 Å². The van der Waals surface area contributed by atoms with E-state index in [2.05, 4.69) is 0 Å². The highest BCUT2D eigenvalue weighted by molar-refractivity contribution is 7.17. The second kappa shape index (κ2) is 7.50. The molecule has 2 aromatic rings. The van der Waals surface area contributed by atoms with Gasteiger partial charge in [0, 0.05) is 18.3 Å². The molecule has 1 aromatic heterocycles. The van der Waals surface area contributed by atoms with Gasteiger partial charge in [0.05, 0.1) is 4.92 Å². The van der Waals surface area contributed by atoms with Crippen molar-refractivity contribution in [3.63, 3.8) is 0 Å². The maximum absolute atomic E-state index is 12.2. The Bertz CT molecular complexity index is 714. The summed E-state index contributed by atoms with van der Waals surface area (Å²) in [6, 6.07) is 11.6. The Hall–Kier alpha value is -2.74. The zero-order chi connectivity index (χ0) is 16.8. The summed E-state index contributed by atoms with van der Waals surface area (Å²) >= 11 is 0.713. The zero-order valence-corrected chi connectivity index (χ0v) is 13.1. The molecule has 7 nitrogen and oxygen atoms in total. The number of thiophene rings is 1. The highest BCUT2D eigenvalue weighted by Crippen LogP contribution is 2.24. The SMILES string of the molecule is CCN(C(=O)COC(=O)c1ccc([N+](=O)[O-])s1)c1ccccc1. The Morgan fingerprint density at radius 3 is 2.48 bits per heavy atom. The number of hydrogen-bond donors (Lipinski definition) is 0. The number of anilines is 1. The number of nitro groups is 1. The van der Waals surface area contributed by atoms with Gasteiger partial charge in [-0.3, -0.25) is 14.9 Å². The third-order valence-electron chi connectivity index (χ3n) is 2.98. The van der Waals surface area contributed by atoms with E-state index in [9.17, 15) is 19.7 Å². The summed E-state index contributed by atoms with van der Waals surface area (Å²) < 4.78 is 4.94. The molecule has 0 bridgehead atoms. The maximum atomic E-state index is 12.2. The molecule has 0 unspecified atom stereocenters. The molecular weight excluding hydrogens is 320 g/mol. The lowest BCUT2D eigenvalue weighted by Gasteiger charge is -2.20. The van der Waals surface area contributed by atoms with Crippen molar-refractivity contribution in [2.75, 3.05) is 18.1 Å². The number of benzene rings is 1. The van der Waals surface area contributed by atoms with Crippen LogP contribution in [0.4, 0.5) is 10.7 Å². The van der Waals surface area contributed by atoms with E-state index in [4.69, 9.17) is 4.74 Å². The van der Waals surface area contributed by atoms with Gasteiger partial charge in [-0.05, 0) is 25.1 Å². The molecule has 0 fully saturated rings. The van der Waals surface area contributed by atoms with Gasteiger partial charge in [-0.25, -0.2) is 4.79 Å². The van der Waals surface area contributed by atoms with Crippen LogP contribution < -0.4 is 4.90 Å². The molecule has 0 aliphatic heterocycles. The van der Waals surface area contributed by atoms with E-state index >= 15 is 0 Å². The Labute approximate surface area is 136 Å². The predicted octanol–water partition coefficient (Wildman–Crippen LogP) is 2.87. The number of carbonyl (C=O) groups excluding carboxylic acids is 2. The van der Waals surface area contributed by atoms with Crippen LogP contribution in [-0.2, 0) is 9.53 Å². The second-order valence-corrected chi connectivity index (χ2v) is 5.51. The number of carbonyl (C=O) groups is 2. The first-order chi connectivity index (χ1) is 11.0. The predicted molar refractivity (Wildman–Crippen MR) is 85.7 cm³/mol. The van der Waals surface area contributed by atoms with E-state index in [0.29, 0.717) is 23.6 Å². The van der Waals surface area contributed by atoms with Gasteiger partial charge in [0.25, 0.3) is 5.91 Å². The minimum atomic E-state index is -0.749. The molecule has 1 aromatic carbocycles. The first-order valence-electron chi connectivity index (χ1n) is 6.79. The average Bonchev–Trinajstić information content (AvgIpc) is 3.04. The second-order valence-electron chi connectivity index (χ2n) is 4.44. The number of esters is 1. The van der Waals surface area contributed by atoms with Gasteiger partial charge in [-0.15, -0.1) is 0 Å². The maximum Gasteiger partial charge on any atom is 0.349 e. The lowest BCUT2D eigenvalue weighted by molar-refractivity contribution is -0.380. The monoisotopic (exact) mass is 334 g/mol. The zero-order valence-electron chi connectivity index (χ0n) is 12.3. The Kier molecular flexibility index (Phi) is 5.42. The number of para-hydroxylation sites is 1. The largest absolute Gasteiger partial charge is 0.451 e. The first-order valence-corrected chi connectivity index (χ1v) is 7.61. The molecule has 1 heterocycles. The van der Waals surface area contributed by atoms with E-state index in [0.717, 1.165) is 0 Å². The molecular formula is C15H14N2O5S. The van der Waals surface area contributed by atoms with E-state index in [1.54, 1.807) is 12.1 Å². The van der Waals surface area contributed by atoms with Gasteiger partial charge in [0.15, 0.2) is 6.61 Å². The molecule has 120 valence electrons.